The molecule has 1 aliphatic rings. The summed E-state index contributed by atoms with van der Waals surface area (Å²) in [5.74, 6) is 0. The Hall–Kier alpha value is -0.440. The average Bonchev–Trinajstić information content (AvgIpc) is 2.43. The Morgan fingerprint density at radius 1 is 1.50 bits per heavy atom. The van der Waals surface area contributed by atoms with Crippen molar-refractivity contribution < 1.29 is 0 Å². The molecule has 0 aromatic rings. The molecule has 4 heteroatoms. The van der Waals surface area contributed by atoms with E-state index in [2.05, 4.69) is 18.9 Å². The van der Waals surface area contributed by atoms with Crippen LogP contribution in [0, 0.1) is 0 Å². The fraction of sp³-hybridized carbons (Fsp3) is 0.875. The third kappa shape index (κ3) is 2.03. The predicted molar refractivity (Wildman–Crippen MR) is 51.9 cm³/mol. The molecule has 0 aromatic carbocycles. The molecule has 0 aliphatic carbocycles. The highest BCUT2D eigenvalue weighted by Crippen LogP contribution is 2.19. The van der Waals surface area contributed by atoms with Crippen LogP contribution < -0.4 is 0 Å². The minimum Gasteiger partial charge on any atom is -0.272 e. The van der Waals surface area contributed by atoms with Crippen LogP contribution in [-0.2, 0) is 0 Å². The van der Waals surface area contributed by atoms with Crippen LogP contribution in [0.25, 0.3) is 0 Å². The van der Waals surface area contributed by atoms with Crippen molar-refractivity contribution in [3.63, 3.8) is 0 Å². The summed E-state index contributed by atoms with van der Waals surface area (Å²) in [4.78, 5) is 0. The number of hydrogen-bond donors (Lipinski definition) is 0. The lowest BCUT2D eigenvalue weighted by atomic mass is 10.2. The highest BCUT2D eigenvalue weighted by atomic mass is 35.5. The molecule has 1 aliphatic heterocycles. The molecule has 0 amide bonds. The van der Waals surface area contributed by atoms with Gasteiger partial charge in [-0.1, -0.05) is 13.3 Å². The lowest BCUT2D eigenvalue weighted by Gasteiger charge is -2.24. The van der Waals surface area contributed by atoms with Gasteiger partial charge in [0.25, 0.3) is 0 Å². The number of rotatable bonds is 4. The number of hydrogen-bond acceptors (Lipinski definition) is 3. The zero-order chi connectivity index (χ0) is 8.97. The second-order valence-corrected chi connectivity index (χ2v) is 3.34. The molecule has 1 rings (SSSR count). The molecule has 0 bridgehead atoms. The van der Waals surface area contributed by atoms with E-state index in [9.17, 15) is 0 Å². The number of hydrazone groups is 1. The Balaban J connectivity index is 2.39. The monoisotopic (exact) mass is 189 g/mol. The first-order valence-electron chi connectivity index (χ1n) is 4.54. The normalized spacial score (nSPS) is 22.4. The van der Waals surface area contributed by atoms with Gasteiger partial charge in [-0.2, -0.15) is 5.10 Å². The molecule has 0 radical (unpaired) electrons. The maximum absolute atomic E-state index is 5.93. The Bertz CT molecular complexity index is 160. The molecule has 12 heavy (non-hydrogen) atoms. The highest BCUT2D eigenvalue weighted by Gasteiger charge is 2.24. The standard InChI is InChI=1S/C8H16ClN3/c1-3-5-6-8-11(9)7-10-12(8)4-2/h7-8H,3-6H2,1-2H3. The summed E-state index contributed by atoms with van der Waals surface area (Å²) in [6, 6.07) is 0. The van der Waals surface area contributed by atoms with Gasteiger partial charge in [0.1, 0.15) is 12.5 Å². The average molecular weight is 190 g/mol. The van der Waals surface area contributed by atoms with Gasteiger partial charge in [0.15, 0.2) is 0 Å². The molecular formula is C8H16ClN3. The van der Waals surface area contributed by atoms with Crippen LogP contribution in [0.5, 0.6) is 0 Å². The molecule has 1 unspecified atom stereocenters. The fourth-order valence-corrected chi connectivity index (χ4v) is 1.59. The van der Waals surface area contributed by atoms with Crippen LogP contribution in [0.1, 0.15) is 33.1 Å². The summed E-state index contributed by atoms with van der Waals surface area (Å²) in [6.45, 7) is 5.20. The maximum Gasteiger partial charge on any atom is 0.134 e. The van der Waals surface area contributed by atoms with Crippen molar-refractivity contribution in [2.75, 3.05) is 6.54 Å². The van der Waals surface area contributed by atoms with Gasteiger partial charge in [0, 0.05) is 18.3 Å². The van der Waals surface area contributed by atoms with Gasteiger partial charge < -0.3 is 0 Å². The van der Waals surface area contributed by atoms with Gasteiger partial charge in [-0.15, -0.1) is 0 Å². The molecule has 70 valence electrons. The number of nitrogens with zero attached hydrogens (tertiary/aromatic N) is 3. The summed E-state index contributed by atoms with van der Waals surface area (Å²) < 4.78 is 1.67. The van der Waals surface area contributed by atoms with E-state index in [0.717, 1.165) is 13.0 Å². The van der Waals surface area contributed by atoms with Gasteiger partial charge >= 0.3 is 0 Å². The van der Waals surface area contributed by atoms with Gasteiger partial charge in [0.05, 0.1) is 0 Å². The van der Waals surface area contributed by atoms with Crippen LogP contribution in [0.15, 0.2) is 5.10 Å². The molecule has 0 saturated heterocycles. The molecule has 0 aromatic heterocycles. The van der Waals surface area contributed by atoms with E-state index in [1.165, 1.54) is 12.8 Å². The SMILES string of the molecule is CCCCC1N(Cl)C=NN1CC. The first-order chi connectivity index (χ1) is 5.79. The lowest BCUT2D eigenvalue weighted by molar-refractivity contribution is 0.171. The summed E-state index contributed by atoms with van der Waals surface area (Å²) >= 11 is 5.93. The van der Waals surface area contributed by atoms with Crippen LogP contribution in [0.3, 0.4) is 0 Å². The van der Waals surface area contributed by atoms with Crippen molar-refractivity contribution in [2.45, 2.75) is 39.3 Å². The Kier molecular flexibility index (Phi) is 3.66. The summed E-state index contributed by atoms with van der Waals surface area (Å²) in [5.41, 5.74) is 0. The van der Waals surface area contributed by atoms with E-state index >= 15 is 0 Å². The Morgan fingerprint density at radius 2 is 2.25 bits per heavy atom. The molecule has 3 nitrogen and oxygen atoms in total. The van der Waals surface area contributed by atoms with Crippen molar-refractivity contribution in [1.82, 2.24) is 9.43 Å². The first kappa shape index (κ1) is 9.65. The van der Waals surface area contributed by atoms with Gasteiger partial charge in [-0.3, -0.25) is 5.01 Å². The maximum atomic E-state index is 5.93. The van der Waals surface area contributed by atoms with E-state index in [0.29, 0.717) is 0 Å². The van der Waals surface area contributed by atoms with Gasteiger partial charge in [-0.05, 0) is 19.8 Å². The third-order valence-corrected chi connectivity index (χ3v) is 2.39. The third-order valence-electron chi connectivity index (χ3n) is 2.08. The van der Waals surface area contributed by atoms with E-state index < -0.39 is 0 Å². The minimum absolute atomic E-state index is 0.275. The molecule has 1 heterocycles. The molecule has 0 N–H and O–H groups in total. The fourth-order valence-electron chi connectivity index (χ4n) is 1.35. The molecule has 0 spiro atoms. The van der Waals surface area contributed by atoms with E-state index in [4.69, 9.17) is 11.8 Å². The Morgan fingerprint density at radius 3 is 2.83 bits per heavy atom. The quantitative estimate of drug-likeness (QED) is 0.632. The number of unbranched alkanes of at least 4 members (excludes halogenated alkanes) is 1. The van der Waals surface area contributed by atoms with Crippen molar-refractivity contribution in [3.8, 4) is 0 Å². The second-order valence-electron chi connectivity index (χ2n) is 2.95. The van der Waals surface area contributed by atoms with Crippen LogP contribution in [0.4, 0.5) is 0 Å². The molecule has 1 atom stereocenters. The predicted octanol–water partition coefficient (Wildman–Crippen LogP) is 2.24. The van der Waals surface area contributed by atoms with Crippen molar-refractivity contribution in [3.05, 3.63) is 0 Å². The zero-order valence-corrected chi connectivity index (χ0v) is 8.46. The highest BCUT2D eigenvalue weighted by molar-refractivity contribution is 6.19. The van der Waals surface area contributed by atoms with E-state index in [1.54, 1.807) is 10.8 Å². The number of halogens is 1. The van der Waals surface area contributed by atoms with Crippen LogP contribution >= 0.6 is 11.8 Å². The second kappa shape index (κ2) is 4.55. The summed E-state index contributed by atoms with van der Waals surface area (Å²) in [7, 11) is 0. The van der Waals surface area contributed by atoms with Gasteiger partial charge in [-0.25, -0.2) is 4.42 Å². The largest absolute Gasteiger partial charge is 0.272 e. The van der Waals surface area contributed by atoms with Crippen molar-refractivity contribution >= 4 is 18.1 Å². The summed E-state index contributed by atoms with van der Waals surface area (Å²) in [6.07, 6.45) is 5.46. The Labute approximate surface area is 79.1 Å². The van der Waals surface area contributed by atoms with Crippen LogP contribution in [0.2, 0.25) is 0 Å². The first-order valence-corrected chi connectivity index (χ1v) is 4.88. The van der Waals surface area contributed by atoms with Crippen molar-refractivity contribution in [2.24, 2.45) is 5.10 Å². The lowest BCUT2D eigenvalue weighted by Crippen LogP contribution is -2.34. The van der Waals surface area contributed by atoms with Gasteiger partial charge in [0.2, 0.25) is 0 Å². The van der Waals surface area contributed by atoms with E-state index in [-0.39, 0.29) is 6.17 Å². The van der Waals surface area contributed by atoms with E-state index in [1.807, 2.05) is 5.01 Å². The molecular weight excluding hydrogens is 174 g/mol. The molecule has 0 saturated carbocycles. The minimum atomic E-state index is 0.275. The molecule has 0 fully saturated rings. The van der Waals surface area contributed by atoms with Crippen LogP contribution in [-0.4, -0.2) is 28.5 Å². The zero-order valence-electron chi connectivity index (χ0n) is 7.70. The topological polar surface area (TPSA) is 18.8 Å². The summed E-state index contributed by atoms with van der Waals surface area (Å²) in [5, 5.41) is 6.19. The smallest absolute Gasteiger partial charge is 0.134 e. The van der Waals surface area contributed by atoms with Crippen molar-refractivity contribution in [1.29, 1.82) is 0 Å².